The highest BCUT2D eigenvalue weighted by atomic mass is 79.9. The number of carbonyl (C=O) groups excluding carboxylic acids is 1. The SMILES string of the molecule is CCCC(C)NC(=O)CCn1cc(Br)ccc1=O. The van der Waals surface area contributed by atoms with Gasteiger partial charge in [-0.3, -0.25) is 9.59 Å². The largest absolute Gasteiger partial charge is 0.354 e. The summed E-state index contributed by atoms with van der Waals surface area (Å²) in [6, 6.07) is 3.38. The molecule has 1 amide bonds. The van der Waals surface area contributed by atoms with Crippen LogP contribution in [-0.2, 0) is 11.3 Å². The number of nitrogens with one attached hydrogen (secondary N) is 1. The molecule has 5 heteroatoms. The average molecular weight is 315 g/mol. The molecule has 0 spiro atoms. The van der Waals surface area contributed by atoms with Crippen molar-refractivity contribution in [3.63, 3.8) is 0 Å². The van der Waals surface area contributed by atoms with Crippen molar-refractivity contribution in [1.82, 2.24) is 9.88 Å². The molecular formula is C13H19BrN2O2. The molecule has 1 atom stereocenters. The predicted octanol–water partition coefficient (Wildman–Crippen LogP) is 2.31. The van der Waals surface area contributed by atoms with E-state index in [2.05, 4.69) is 28.2 Å². The molecule has 0 aromatic carbocycles. The average Bonchev–Trinajstić information content (AvgIpc) is 2.30. The number of hydrogen-bond donors (Lipinski definition) is 1. The number of aromatic nitrogens is 1. The molecule has 1 aromatic heterocycles. The van der Waals surface area contributed by atoms with Gasteiger partial charge in [-0.15, -0.1) is 0 Å². The van der Waals surface area contributed by atoms with Gasteiger partial charge in [-0.05, 0) is 35.3 Å². The summed E-state index contributed by atoms with van der Waals surface area (Å²) in [5.74, 6) is -0.0113. The van der Waals surface area contributed by atoms with E-state index in [4.69, 9.17) is 0 Å². The zero-order valence-corrected chi connectivity index (χ0v) is 12.4. The van der Waals surface area contributed by atoms with E-state index < -0.39 is 0 Å². The molecule has 1 aromatic rings. The second-order valence-corrected chi connectivity index (χ2v) is 5.30. The molecular weight excluding hydrogens is 296 g/mol. The van der Waals surface area contributed by atoms with Crippen LogP contribution in [0.25, 0.3) is 0 Å². The van der Waals surface area contributed by atoms with Crippen molar-refractivity contribution in [1.29, 1.82) is 0 Å². The van der Waals surface area contributed by atoms with Crippen LogP contribution >= 0.6 is 15.9 Å². The zero-order chi connectivity index (χ0) is 13.5. The summed E-state index contributed by atoms with van der Waals surface area (Å²) in [6.07, 6.45) is 4.05. The molecule has 1 unspecified atom stereocenters. The van der Waals surface area contributed by atoms with Crippen molar-refractivity contribution >= 4 is 21.8 Å². The Balaban J connectivity index is 2.47. The highest BCUT2D eigenvalue weighted by molar-refractivity contribution is 9.10. The lowest BCUT2D eigenvalue weighted by molar-refractivity contribution is -0.121. The standard InChI is InChI=1S/C13H19BrN2O2/c1-3-4-10(2)15-12(17)7-8-16-9-11(14)5-6-13(16)18/h5-6,9-10H,3-4,7-8H2,1-2H3,(H,15,17). The Morgan fingerprint density at radius 3 is 2.89 bits per heavy atom. The maximum atomic E-state index is 11.7. The van der Waals surface area contributed by atoms with Gasteiger partial charge in [0, 0.05) is 35.7 Å². The monoisotopic (exact) mass is 314 g/mol. The predicted molar refractivity (Wildman–Crippen MR) is 75.5 cm³/mol. The van der Waals surface area contributed by atoms with Crippen LogP contribution in [-0.4, -0.2) is 16.5 Å². The molecule has 0 radical (unpaired) electrons. The van der Waals surface area contributed by atoms with Gasteiger partial charge in [-0.2, -0.15) is 0 Å². The van der Waals surface area contributed by atoms with Gasteiger partial charge in [0.25, 0.3) is 5.56 Å². The van der Waals surface area contributed by atoms with Gasteiger partial charge in [-0.1, -0.05) is 13.3 Å². The summed E-state index contributed by atoms with van der Waals surface area (Å²) in [6.45, 7) is 4.49. The van der Waals surface area contributed by atoms with E-state index in [0.717, 1.165) is 17.3 Å². The Morgan fingerprint density at radius 2 is 2.22 bits per heavy atom. The summed E-state index contributed by atoms with van der Waals surface area (Å²) in [5, 5.41) is 2.92. The van der Waals surface area contributed by atoms with E-state index in [-0.39, 0.29) is 17.5 Å². The summed E-state index contributed by atoms with van der Waals surface area (Å²) in [4.78, 5) is 23.2. The van der Waals surface area contributed by atoms with Crippen LogP contribution in [0.1, 0.15) is 33.1 Å². The van der Waals surface area contributed by atoms with Gasteiger partial charge < -0.3 is 9.88 Å². The molecule has 4 nitrogen and oxygen atoms in total. The Kier molecular flexibility index (Phi) is 6.12. The fourth-order valence-electron chi connectivity index (χ4n) is 1.75. The lowest BCUT2D eigenvalue weighted by Crippen LogP contribution is -2.33. The second-order valence-electron chi connectivity index (χ2n) is 4.39. The van der Waals surface area contributed by atoms with Crippen LogP contribution in [0, 0.1) is 0 Å². The van der Waals surface area contributed by atoms with E-state index in [9.17, 15) is 9.59 Å². The first kappa shape index (κ1) is 15.0. The maximum Gasteiger partial charge on any atom is 0.250 e. The fraction of sp³-hybridized carbons (Fsp3) is 0.538. The highest BCUT2D eigenvalue weighted by Gasteiger charge is 2.07. The number of amides is 1. The van der Waals surface area contributed by atoms with Crippen molar-refractivity contribution in [2.45, 2.75) is 45.7 Å². The Bertz CT molecular complexity index is 457. The third-order valence-corrected chi connectivity index (χ3v) is 3.13. The Hall–Kier alpha value is -1.10. The molecule has 0 aliphatic carbocycles. The molecule has 0 bridgehead atoms. The number of rotatable bonds is 6. The molecule has 0 aliphatic heterocycles. The number of pyridine rings is 1. The first-order valence-electron chi connectivity index (χ1n) is 6.18. The second kappa shape index (κ2) is 7.36. The smallest absolute Gasteiger partial charge is 0.250 e. The first-order valence-corrected chi connectivity index (χ1v) is 6.97. The van der Waals surface area contributed by atoms with Crippen molar-refractivity contribution in [2.24, 2.45) is 0 Å². The Morgan fingerprint density at radius 1 is 1.50 bits per heavy atom. The quantitative estimate of drug-likeness (QED) is 0.876. The van der Waals surface area contributed by atoms with Crippen LogP contribution < -0.4 is 10.9 Å². The lowest BCUT2D eigenvalue weighted by Gasteiger charge is -2.13. The summed E-state index contributed by atoms with van der Waals surface area (Å²) in [7, 11) is 0. The van der Waals surface area contributed by atoms with Gasteiger partial charge >= 0.3 is 0 Å². The van der Waals surface area contributed by atoms with Crippen LogP contribution in [0.5, 0.6) is 0 Å². The highest BCUT2D eigenvalue weighted by Crippen LogP contribution is 2.05. The zero-order valence-electron chi connectivity index (χ0n) is 10.8. The number of halogens is 1. The van der Waals surface area contributed by atoms with Gasteiger partial charge in [0.2, 0.25) is 5.91 Å². The number of hydrogen-bond acceptors (Lipinski definition) is 2. The lowest BCUT2D eigenvalue weighted by atomic mass is 10.2. The van der Waals surface area contributed by atoms with Gasteiger partial charge in [-0.25, -0.2) is 0 Å². The van der Waals surface area contributed by atoms with E-state index in [1.165, 1.54) is 10.6 Å². The van der Waals surface area contributed by atoms with Crippen LogP contribution in [0.15, 0.2) is 27.6 Å². The van der Waals surface area contributed by atoms with Crippen LogP contribution in [0.3, 0.4) is 0 Å². The molecule has 1 rings (SSSR count). The fourth-order valence-corrected chi connectivity index (χ4v) is 2.13. The summed E-state index contributed by atoms with van der Waals surface area (Å²) < 4.78 is 2.37. The number of nitrogens with zero attached hydrogens (tertiary/aromatic N) is 1. The molecule has 18 heavy (non-hydrogen) atoms. The molecule has 0 fully saturated rings. The van der Waals surface area contributed by atoms with E-state index in [1.807, 2.05) is 6.92 Å². The van der Waals surface area contributed by atoms with Crippen molar-refractivity contribution < 1.29 is 4.79 Å². The summed E-state index contributed by atoms with van der Waals surface area (Å²) >= 11 is 3.30. The maximum absolute atomic E-state index is 11.7. The molecule has 0 aliphatic rings. The van der Waals surface area contributed by atoms with Gasteiger partial charge in [0.1, 0.15) is 0 Å². The van der Waals surface area contributed by atoms with Crippen molar-refractivity contribution in [2.75, 3.05) is 0 Å². The third kappa shape index (κ3) is 5.04. The number of carbonyl (C=O) groups is 1. The van der Waals surface area contributed by atoms with E-state index in [1.54, 1.807) is 12.3 Å². The third-order valence-electron chi connectivity index (χ3n) is 2.66. The van der Waals surface area contributed by atoms with Gasteiger partial charge in [0.05, 0.1) is 0 Å². The van der Waals surface area contributed by atoms with Crippen LogP contribution in [0.2, 0.25) is 0 Å². The van der Waals surface area contributed by atoms with Gasteiger partial charge in [0.15, 0.2) is 0 Å². The molecule has 1 heterocycles. The van der Waals surface area contributed by atoms with Crippen LogP contribution in [0.4, 0.5) is 0 Å². The summed E-state index contributed by atoms with van der Waals surface area (Å²) in [5.41, 5.74) is -0.0902. The van der Waals surface area contributed by atoms with E-state index in [0.29, 0.717) is 13.0 Å². The van der Waals surface area contributed by atoms with Crippen molar-refractivity contribution in [3.8, 4) is 0 Å². The first-order chi connectivity index (χ1) is 8.52. The minimum absolute atomic E-state index is 0.0113. The molecule has 0 saturated heterocycles. The minimum Gasteiger partial charge on any atom is -0.354 e. The van der Waals surface area contributed by atoms with E-state index >= 15 is 0 Å². The number of aryl methyl sites for hydroxylation is 1. The molecule has 100 valence electrons. The normalized spacial score (nSPS) is 12.2. The molecule has 0 saturated carbocycles. The molecule has 1 N–H and O–H groups in total. The minimum atomic E-state index is -0.0902. The van der Waals surface area contributed by atoms with Crippen molar-refractivity contribution in [3.05, 3.63) is 33.2 Å². The Labute approximate surface area is 116 Å². The topological polar surface area (TPSA) is 51.1 Å².